The van der Waals surface area contributed by atoms with Gasteiger partial charge in [-0.3, -0.25) is 19.8 Å². The fraction of sp³-hybridized carbons (Fsp3) is 0.350. The van der Waals surface area contributed by atoms with Crippen LogP contribution >= 0.6 is 0 Å². The molecule has 0 radical (unpaired) electrons. The molecule has 1 aliphatic rings. The normalized spacial score (nSPS) is 14.7. The van der Waals surface area contributed by atoms with Crippen LogP contribution in [0.1, 0.15) is 5.56 Å². The Hall–Kier alpha value is -3.00. The van der Waals surface area contributed by atoms with E-state index in [1.165, 1.54) is 18.2 Å². The van der Waals surface area contributed by atoms with Crippen molar-refractivity contribution >= 4 is 17.3 Å². The molecule has 0 saturated carbocycles. The summed E-state index contributed by atoms with van der Waals surface area (Å²) < 4.78 is 13.8. The lowest BCUT2D eigenvalue weighted by Crippen LogP contribution is -2.49. The van der Waals surface area contributed by atoms with Crippen molar-refractivity contribution in [3.63, 3.8) is 0 Å². The second-order valence-electron chi connectivity index (χ2n) is 6.88. The minimum atomic E-state index is -0.412. The van der Waals surface area contributed by atoms with E-state index in [-0.39, 0.29) is 24.0 Å². The lowest BCUT2D eigenvalue weighted by molar-refractivity contribution is -0.384. The summed E-state index contributed by atoms with van der Waals surface area (Å²) in [7, 11) is 1.68. The van der Waals surface area contributed by atoms with Crippen LogP contribution in [0, 0.1) is 15.9 Å². The minimum Gasteiger partial charge on any atom is -0.369 e. The molecule has 0 bridgehead atoms. The Morgan fingerprint density at radius 3 is 2.36 bits per heavy atom. The molecule has 0 aliphatic carbocycles. The zero-order valence-electron chi connectivity index (χ0n) is 15.8. The summed E-state index contributed by atoms with van der Waals surface area (Å²) in [4.78, 5) is 28.6. The largest absolute Gasteiger partial charge is 0.369 e. The molecule has 1 saturated heterocycles. The maximum absolute atomic E-state index is 13.8. The first-order valence-corrected chi connectivity index (χ1v) is 9.13. The Labute approximate surface area is 163 Å². The van der Waals surface area contributed by atoms with Gasteiger partial charge in [0.25, 0.3) is 5.69 Å². The van der Waals surface area contributed by atoms with Crippen molar-refractivity contribution in [3.05, 3.63) is 70.0 Å². The van der Waals surface area contributed by atoms with Gasteiger partial charge in [-0.2, -0.15) is 0 Å². The van der Waals surface area contributed by atoms with Crippen molar-refractivity contribution in [3.8, 4) is 0 Å². The van der Waals surface area contributed by atoms with Crippen molar-refractivity contribution in [1.29, 1.82) is 0 Å². The van der Waals surface area contributed by atoms with E-state index in [4.69, 9.17) is 0 Å². The van der Waals surface area contributed by atoms with Gasteiger partial charge in [0.15, 0.2) is 0 Å². The highest BCUT2D eigenvalue weighted by molar-refractivity contribution is 5.78. The third-order valence-corrected chi connectivity index (χ3v) is 4.95. The molecule has 2 aromatic carbocycles. The van der Waals surface area contributed by atoms with Crippen molar-refractivity contribution in [1.82, 2.24) is 9.80 Å². The van der Waals surface area contributed by atoms with Gasteiger partial charge in [-0.25, -0.2) is 4.39 Å². The SMILES string of the molecule is CN(Cc1ccccc1F)C(=O)CN1CCN(c2ccc([N+](=O)[O-])cc2)CC1. The third-order valence-electron chi connectivity index (χ3n) is 4.95. The Kier molecular flexibility index (Phi) is 6.20. The quantitative estimate of drug-likeness (QED) is 0.564. The molecule has 0 N–H and O–H groups in total. The van der Waals surface area contributed by atoms with Crippen LogP contribution in [0.2, 0.25) is 0 Å². The molecule has 0 aromatic heterocycles. The highest BCUT2D eigenvalue weighted by Crippen LogP contribution is 2.20. The average Bonchev–Trinajstić information content (AvgIpc) is 2.70. The summed E-state index contributed by atoms with van der Waals surface area (Å²) in [5, 5.41) is 10.8. The maximum Gasteiger partial charge on any atom is 0.269 e. The van der Waals surface area contributed by atoms with Crippen LogP contribution < -0.4 is 4.90 Å². The van der Waals surface area contributed by atoms with Gasteiger partial charge in [-0.1, -0.05) is 18.2 Å². The second-order valence-corrected chi connectivity index (χ2v) is 6.88. The Morgan fingerprint density at radius 1 is 1.11 bits per heavy atom. The fourth-order valence-electron chi connectivity index (χ4n) is 3.23. The van der Waals surface area contributed by atoms with Crippen molar-refractivity contribution in [2.75, 3.05) is 44.7 Å². The standard InChI is InChI=1S/C20H23FN4O3/c1-22(14-16-4-2-3-5-19(16)21)20(26)15-23-10-12-24(13-11-23)17-6-8-18(9-7-17)25(27)28/h2-9H,10-15H2,1H3. The number of carbonyl (C=O) groups excluding carboxylic acids is 1. The number of anilines is 1. The monoisotopic (exact) mass is 386 g/mol. The zero-order chi connectivity index (χ0) is 20.1. The smallest absolute Gasteiger partial charge is 0.269 e. The molecule has 8 heteroatoms. The van der Waals surface area contributed by atoms with Crippen LogP contribution in [0.25, 0.3) is 0 Å². The summed E-state index contributed by atoms with van der Waals surface area (Å²) in [6.45, 7) is 3.45. The van der Waals surface area contributed by atoms with Gasteiger partial charge in [0.1, 0.15) is 5.82 Å². The summed E-state index contributed by atoms with van der Waals surface area (Å²) in [5.41, 5.74) is 1.51. The highest BCUT2D eigenvalue weighted by Gasteiger charge is 2.21. The van der Waals surface area contributed by atoms with Crippen LogP contribution in [-0.4, -0.2) is 60.4 Å². The molecule has 1 fully saturated rings. The average molecular weight is 386 g/mol. The van der Waals surface area contributed by atoms with Gasteiger partial charge in [-0.15, -0.1) is 0 Å². The summed E-state index contributed by atoms with van der Waals surface area (Å²) in [5.74, 6) is -0.356. The molecule has 148 valence electrons. The number of benzene rings is 2. The van der Waals surface area contributed by atoms with Crippen molar-refractivity contribution in [2.24, 2.45) is 0 Å². The van der Waals surface area contributed by atoms with Crippen LogP contribution in [0.5, 0.6) is 0 Å². The number of nitrogens with zero attached hydrogens (tertiary/aromatic N) is 4. The fourth-order valence-corrected chi connectivity index (χ4v) is 3.23. The third kappa shape index (κ3) is 4.83. The van der Waals surface area contributed by atoms with Gasteiger partial charge in [0.05, 0.1) is 11.5 Å². The van der Waals surface area contributed by atoms with E-state index in [0.717, 1.165) is 31.9 Å². The summed E-state index contributed by atoms with van der Waals surface area (Å²) in [6.07, 6.45) is 0. The zero-order valence-corrected chi connectivity index (χ0v) is 15.8. The highest BCUT2D eigenvalue weighted by atomic mass is 19.1. The molecule has 1 heterocycles. The summed E-state index contributed by atoms with van der Waals surface area (Å²) >= 11 is 0. The number of nitro benzene ring substituents is 1. The van der Waals surface area contributed by atoms with Gasteiger partial charge in [-0.05, 0) is 18.2 Å². The molecule has 7 nitrogen and oxygen atoms in total. The minimum absolute atomic E-state index is 0.0490. The predicted molar refractivity (Wildman–Crippen MR) is 105 cm³/mol. The van der Waals surface area contributed by atoms with Gasteiger partial charge < -0.3 is 9.80 Å². The molecule has 3 rings (SSSR count). The van der Waals surface area contributed by atoms with E-state index in [9.17, 15) is 19.3 Å². The first kappa shape index (κ1) is 19.8. The molecular formula is C20H23FN4O3. The number of halogens is 1. The number of amides is 1. The number of hydrogen-bond acceptors (Lipinski definition) is 5. The van der Waals surface area contributed by atoms with Crippen LogP contribution in [0.15, 0.2) is 48.5 Å². The molecule has 0 atom stereocenters. The Bertz CT molecular complexity index is 836. The maximum atomic E-state index is 13.8. The Balaban J connectivity index is 1.49. The van der Waals surface area contributed by atoms with E-state index in [2.05, 4.69) is 9.80 Å². The molecule has 0 unspecified atom stereocenters. The second kappa shape index (κ2) is 8.79. The van der Waals surface area contributed by atoms with Gasteiger partial charge >= 0.3 is 0 Å². The number of piperazine rings is 1. The van der Waals surface area contributed by atoms with Crippen LogP contribution in [-0.2, 0) is 11.3 Å². The Morgan fingerprint density at radius 2 is 1.75 bits per heavy atom. The molecule has 28 heavy (non-hydrogen) atoms. The number of rotatable bonds is 6. The molecule has 1 aliphatic heterocycles. The van der Waals surface area contributed by atoms with E-state index in [0.29, 0.717) is 12.1 Å². The topological polar surface area (TPSA) is 69.9 Å². The van der Waals surface area contributed by atoms with Gasteiger partial charge in [0.2, 0.25) is 5.91 Å². The molecule has 2 aromatic rings. The van der Waals surface area contributed by atoms with Crippen LogP contribution in [0.4, 0.5) is 15.8 Å². The first-order valence-electron chi connectivity index (χ1n) is 9.13. The first-order chi connectivity index (χ1) is 13.4. The predicted octanol–water partition coefficient (Wildman–Crippen LogP) is 2.51. The summed E-state index contributed by atoms with van der Waals surface area (Å²) in [6, 6.07) is 13.0. The molecule has 1 amide bonds. The number of hydrogen-bond donors (Lipinski definition) is 0. The lowest BCUT2D eigenvalue weighted by Gasteiger charge is -2.36. The molecular weight excluding hydrogens is 363 g/mol. The van der Waals surface area contributed by atoms with Crippen LogP contribution in [0.3, 0.4) is 0 Å². The van der Waals surface area contributed by atoms with Gasteiger partial charge in [0, 0.05) is 63.2 Å². The van der Waals surface area contributed by atoms with E-state index < -0.39 is 4.92 Å². The molecule has 0 spiro atoms. The van der Waals surface area contributed by atoms with E-state index in [1.54, 1.807) is 42.3 Å². The number of carbonyl (C=O) groups is 1. The van der Waals surface area contributed by atoms with Crippen molar-refractivity contribution < 1.29 is 14.1 Å². The lowest BCUT2D eigenvalue weighted by atomic mass is 10.2. The van der Waals surface area contributed by atoms with Crippen molar-refractivity contribution in [2.45, 2.75) is 6.54 Å². The number of non-ortho nitro benzene ring substituents is 1. The number of nitro groups is 1. The number of likely N-dealkylation sites (N-methyl/N-ethyl adjacent to an activating group) is 1. The van der Waals surface area contributed by atoms with E-state index in [1.807, 2.05) is 0 Å². The van der Waals surface area contributed by atoms with E-state index >= 15 is 0 Å².